The summed E-state index contributed by atoms with van der Waals surface area (Å²) >= 11 is 0. The fourth-order valence-electron chi connectivity index (χ4n) is 3.70. The van der Waals surface area contributed by atoms with Gasteiger partial charge in [-0.3, -0.25) is 9.59 Å². The zero-order valence-corrected chi connectivity index (χ0v) is 15.3. The van der Waals surface area contributed by atoms with Gasteiger partial charge >= 0.3 is 5.97 Å². The van der Waals surface area contributed by atoms with Crippen molar-refractivity contribution in [2.75, 3.05) is 11.4 Å². The number of anilines is 1. The van der Waals surface area contributed by atoms with E-state index in [0.717, 1.165) is 40.6 Å². The number of esters is 1. The molecule has 1 N–H and O–H groups in total. The van der Waals surface area contributed by atoms with E-state index in [-0.39, 0.29) is 12.3 Å². The second-order valence-corrected chi connectivity index (χ2v) is 6.89. The van der Waals surface area contributed by atoms with E-state index in [1.807, 2.05) is 54.7 Å². The quantitative estimate of drug-likeness (QED) is 0.721. The Labute approximate surface area is 157 Å². The Morgan fingerprint density at radius 3 is 2.81 bits per heavy atom. The van der Waals surface area contributed by atoms with E-state index < -0.39 is 12.1 Å². The third-order valence-electron chi connectivity index (χ3n) is 5.04. The van der Waals surface area contributed by atoms with Crippen LogP contribution in [0.5, 0.6) is 0 Å². The molecule has 0 radical (unpaired) electrons. The number of ether oxygens (including phenoxy) is 1. The molecule has 1 amide bonds. The number of fused-ring (bicyclic) bond motifs is 2. The molecular weight excluding hydrogens is 340 g/mol. The van der Waals surface area contributed by atoms with Crippen LogP contribution in [0.1, 0.15) is 24.5 Å². The summed E-state index contributed by atoms with van der Waals surface area (Å²) in [5.41, 5.74) is 3.94. The molecule has 0 aliphatic carbocycles. The van der Waals surface area contributed by atoms with Crippen LogP contribution in [-0.2, 0) is 27.2 Å². The summed E-state index contributed by atoms with van der Waals surface area (Å²) in [7, 11) is 0. The average molecular weight is 362 g/mol. The van der Waals surface area contributed by atoms with Crippen LogP contribution < -0.4 is 4.90 Å². The number of hydrogen-bond acceptors (Lipinski definition) is 3. The maximum Gasteiger partial charge on any atom is 0.311 e. The molecule has 0 bridgehead atoms. The van der Waals surface area contributed by atoms with Crippen LogP contribution in [0.4, 0.5) is 5.69 Å². The number of aryl methyl sites for hydroxylation is 1. The molecule has 5 nitrogen and oxygen atoms in total. The Balaban J connectivity index is 1.44. The molecule has 0 saturated heterocycles. The predicted octanol–water partition coefficient (Wildman–Crippen LogP) is 3.62. The van der Waals surface area contributed by atoms with Gasteiger partial charge in [0.2, 0.25) is 0 Å². The number of rotatable bonds is 4. The summed E-state index contributed by atoms with van der Waals surface area (Å²) in [5, 5.41) is 0.999. The lowest BCUT2D eigenvalue weighted by molar-refractivity contribution is -0.153. The van der Waals surface area contributed by atoms with E-state index in [1.54, 1.807) is 11.8 Å². The molecule has 4 rings (SSSR count). The lowest BCUT2D eigenvalue weighted by atomic mass is 10.0. The molecule has 5 heteroatoms. The molecule has 1 aromatic heterocycles. The zero-order chi connectivity index (χ0) is 18.8. The number of carbonyl (C=O) groups is 2. The fraction of sp³-hybridized carbons (Fsp3) is 0.273. The average Bonchev–Trinajstić information content (AvgIpc) is 3.09. The highest BCUT2D eigenvalue weighted by molar-refractivity contribution is 5.98. The smallest absolute Gasteiger partial charge is 0.311 e. The van der Waals surface area contributed by atoms with Crippen molar-refractivity contribution in [3.63, 3.8) is 0 Å². The van der Waals surface area contributed by atoms with E-state index in [9.17, 15) is 9.59 Å². The summed E-state index contributed by atoms with van der Waals surface area (Å²) in [4.78, 5) is 30.1. The monoisotopic (exact) mass is 362 g/mol. The molecule has 1 unspecified atom stereocenters. The van der Waals surface area contributed by atoms with Crippen molar-refractivity contribution in [1.29, 1.82) is 0 Å². The third kappa shape index (κ3) is 3.45. The number of aromatic nitrogens is 1. The van der Waals surface area contributed by atoms with Crippen LogP contribution in [0.2, 0.25) is 0 Å². The van der Waals surface area contributed by atoms with Gasteiger partial charge < -0.3 is 14.6 Å². The number of amides is 1. The predicted molar refractivity (Wildman–Crippen MR) is 105 cm³/mol. The highest BCUT2D eigenvalue weighted by atomic mass is 16.5. The first-order valence-electron chi connectivity index (χ1n) is 9.27. The van der Waals surface area contributed by atoms with E-state index >= 15 is 0 Å². The Hall–Kier alpha value is -3.08. The minimum absolute atomic E-state index is 0.137. The van der Waals surface area contributed by atoms with Crippen molar-refractivity contribution in [1.82, 2.24) is 4.98 Å². The van der Waals surface area contributed by atoms with Gasteiger partial charge in [0, 0.05) is 29.3 Å². The van der Waals surface area contributed by atoms with Crippen molar-refractivity contribution in [3.8, 4) is 0 Å². The van der Waals surface area contributed by atoms with Crippen LogP contribution in [0.15, 0.2) is 54.7 Å². The fourth-order valence-corrected chi connectivity index (χ4v) is 3.70. The van der Waals surface area contributed by atoms with Crippen LogP contribution in [-0.4, -0.2) is 29.5 Å². The number of aromatic amines is 1. The summed E-state index contributed by atoms with van der Waals surface area (Å²) in [6, 6.07) is 15.7. The molecule has 1 atom stereocenters. The Morgan fingerprint density at radius 2 is 1.93 bits per heavy atom. The Morgan fingerprint density at radius 1 is 1.15 bits per heavy atom. The van der Waals surface area contributed by atoms with Gasteiger partial charge in [-0.15, -0.1) is 0 Å². The van der Waals surface area contributed by atoms with Gasteiger partial charge in [-0.1, -0.05) is 36.4 Å². The SMILES string of the molecule is CC(OC(=O)Cc1c[nH]c2ccccc12)C(=O)N1CCCc2ccccc21. The second kappa shape index (κ2) is 7.27. The van der Waals surface area contributed by atoms with Gasteiger partial charge in [0.25, 0.3) is 5.91 Å². The van der Waals surface area contributed by atoms with E-state index in [1.165, 1.54) is 0 Å². The standard InChI is InChI=1S/C22H22N2O3/c1-15(22(26)24-12-6-8-16-7-2-5-11-20(16)24)27-21(25)13-17-14-23-19-10-4-3-9-18(17)19/h2-5,7,9-11,14-15,23H,6,8,12-13H2,1H3. The first-order valence-corrected chi connectivity index (χ1v) is 9.27. The minimum atomic E-state index is -0.811. The lowest BCUT2D eigenvalue weighted by Gasteiger charge is -2.31. The van der Waals surface area contributed by atoms with Crippen LogP contribution in [0.3, 0.4) is 0 Å². The highest BCUT2D eigenvalue weighted by Crippen LogP contribution is 2.27. The largest absolute Gasteiger partial charge is 0.452 e. The van der Waals surface area contributed by atoms with Crippen LogP contribution >= 0.6 is 0 Å². The minimum Gasteiger partial charge on any atom is -0.452 e. The zero-order valence-electron chi connectivity index (χ0n) is 15.3. The second-order valence-electron chi connectivity index (χ2n) is 6.89. The number of carbonyl (C=O) groups excluding carboxylic acids is 2. The summed E-state index contributed by atoms with van der Waals surface area (Å²) in [6.07, 6.45) is 3.03. The Kier molecular flexibility index (Phi) is 4.67. The van der Waals surface area contributed by atoms with Crippen molar-refractivity contribution >= 4 is 28.5 Å². The van der Waals surface area contributed by atoms with Crippen LogP contribution in [0.25, 0.3) is 10.9 Å². The molecule has 0 fully saturated rings. The molecule has 3 aromatic rings. The third-order valence-corrected chi connectivity index (χ3v) is 5.04. The molecule has 1 aliphatic rings. The molecule has 2 aromatic carbocycles. The molecule has 0 spiro atoms. The Bertz CT molecular complexity index is 992. The molecule has 0 saturated carbocycles. The van der Waals surface area contributed by atoms with Gasteiger partial charge in [-0.25, -0.2) is 0 Å². The topological polar surface area (TPSA) is 62.4 Å². The molecule has 138 valence electrons. The van der Waals surface area contributed by atoms with E-state index in [4.69, 9.17) is 4.74 Å². The van der Waals surface area contributed by atoms with Gasteiger partial charge in [-0.05, 0) is 43.0 Å². The van der Waals surface area contributed by atoms with E-state index in [2.05, 4.69) is 4.98 Å². The van der Waals surface area contributed by atoms with Crippen molar-refractivity contribution in [2.24, 2.45) is 0 Å². The number of para-hydroxylation sites is 2. The molecular formula is C22H22N2O3. The van der Waals surface area contributed by atoms with E-state index in [0.29, 0.717) is 6.54 Å². The van der Waals surface area contributed by atoms with Crippen molar-refractivity contribution in [2.45, 2.75) is 32.3 Å². The molecule has 27 heavy (non-hydrogen) atoms. The van der Waals surface area contributed by atoms with Crippen LogP contribution in [0, 0.1) is 0 Å². The summed E-state index contributed by atoms with van der Waals surface area (Å²) in [6.45, 7) is 2.30. The van der Waals surface area contributed by atoms with Crippen molar-refractivity contribution < 1.29 is 14.3 Å². The normalized spacial score (nSPS) is 14.6. The number of nitrogens with zero attached hydrogens (tertiary/aromatic N) is 1. The highest BCUT2D eigenvalue weighted by Gasteiger charge is 2.28. The van der Waals surface area contributed by atoms with Gasteiger partial charge in [0.05, 0.1) is 6.42 Å². The van der Waals surface area contributed by atoms with Crippen molar-refractivity contribution in [3.05, 3.63) is 65.9 Å². The maximum atomic E-state index is 12.9. The summed E-state index contributed by atoms with van der Waals surface area (Å²) < 4.78 is 5.46. The van der Waals surface area contributed by atoms with Gasteiger partial charge in [-0.2, -0.15) is 0 Å². The first-order chi connectivity index (χ1) is 13.1. The number of H-pyrrole nitrogens is 1. The first kappa shape index (κ1) is 17.3. The lowest BCUT2D eigenvalue weighted by Crippen LogP contribution is -2.42. The summed E-state index contributed by atoms with van der Waals surface area (Å²) in [5.74, 6) is -0.569. The number of benzene rings is 2. The molecule has 1 aliphatic heterocycles. The maximum absolute atomic E-state index is 12.9. The van der Waals surface area contributed by atoms with Gasteiger partial charge in [0.15, 0.2) is 6.10 Å². The molecule has 2 heterocycles. The van der Waals surface area contributed by atoms with Gasteiger partial charge in [0.1, 0.15) is 0 Å². The number of nitrogens with one attached hydrogen (secondary N) is 1. The number of hydrogen-bond donors (Lipinski definition) is 1.